The minimum absolute atomic E-state index is 0.136. The van der Waals surface area contributed by atoms with Gasteiger partial charge >= 0.3 is 5.97 Å². The zero-order valence-electron chi connectivity index (χ0n) is 17.0. The lowest BCUT2D eigenvalue weighted by Crippen LogP contribution is -2.37. The van der Waals surface area contributed by atoms with Gasteiger partial charge in [0.2, 0.25) is 5.91 Å². The van der Waals surface area contributed by atoms with Crippen molar-refractivity contribution in [1.29, 1.82) is 0 Å². The molecule has 0 atom stereocenters. The van der Waals surface area contributed by atoms with Crippen molar-refractivity contribution in [3.8, 4) is 0 Å². The molecule has 1 aromatic rings. The van der Waals surface area contributed by atoms with E-state index in [1.165, 1.54) is 7.11 Å². The first-order valence-corrected chi connectivity index (χ1v) is 10.0. The Labute approximate surface area is 167 Å². The van der Waals surface area contributed by atoms with Crippen molar-refractivity contribution in [2.75, 3.05) is 32.1 Å². The monoisotopic (exact) mass is 388 g/mol. The largest absolute Gasteiger partial charge is 0.469 e. The second kappa shape index (κ2) is 12.0. The van der Waals surface area contributed by atoms with E-state index in [1.54, 1.807) is 7.05 Å². The first-order chi connectivity index (χ1) is 13.6. The number of nitrogens with one attached hydrogen (secondary N) is 2. The molecule has 2 rings (SSSR count). The smallest absolute Gasteiger partial charge is 0.305 e. The van der Waals surface area contributed by atoms with Crippen LogP contribution in [0.15, 0.2) is 29.3 Å². The molecule has 1 aliphatic rings. The second-order valence-electron chi connectivity index (χ2n) is 6.91. The fourth-order valence-electron chi connectivity index (χ4n) is 3.18. The van der Waals surface area contributed by atoms with Gasteiger partial charge in [-0.1, -0.05) is 25.0 Å². The maximum absolute atomic E-state index is 11.8. The van der Waals surface area contributed by atoms with Crippen LogP contribution in [-0.2, 0) is 20.9 Å². The predicted octanol–water partition coefficient (Wildman–Crippen LogP) is 2.60. The molecule has 0 radical (unpaired) electrons. The maximum Gasteiger partial charge on any atom is 0.305 e. The molecule has 0 saturated carbocycles. The molecule has 7 heteroatoms. The molecule has 0 unspecified atom stereocenters. The van der Waals surface area contributed by atoms with Crippen LogP contribution in [0, 0.1) is 0 Å². The first-order valence-electron chi connectivity index (χ1n) is 10.0. The molecule has 1 saturated heterocycles. The van der Waals surface area contributed by atoms with Gasteiger partial charge in [-0.3, -0.25) is 14.6 Å². The highest BCUT2D eigenvalue weighted by molar-refractivity contribution is 5.95. The lowest BCUT2D eigenvalue weighted by molar-refractivity contribution is -0.140. The number of rotatable bonds is 10. The third-order valence-corrected chi connectivity index (χ3v) is 4.83. The zero-order valence-corrected chi connectivity index (χ0v) is 17.0. The Morgan fingerprint density at radius 1 is 1.14 bits per heavy atom. The summed E-state index contributed by atoms with van der Waals surface area (Å²) in [5, 5.41) is 6.61. The van der Waals surface area contributed by atoms with Crippen LogP contribution in [0.5, 0.6) is 0 Å². The molecule has 0 aliphatic carbocycles. The molecule has 1 amide bonds. The number of carbonyl (C=O) groups is 2. The number of amides is 1. The lowest BCUT2D eigenvalue weighted by atomic mass is 10.1. The SMILES string of the molecule is CN=C(NCCCCCCC(=O)OC)NCc1ccc(N2CCCC2=O)cc1. The highest BCUT2D eigenvalue weighted by Gasteiger charge is 2.21. The van der Waals surface area contributed by atoms with Crippen molar-refractivity contribution < 1.29 is 14.3 Å². The summed E-state index contributed by atoms with van der Waals surface area (Å²) in [6.45, 7) is 2.33. The van der Waals surface area contributed by atoms with Crippen molar-refractivity contribution in [1.82, 2.24) is 10.6 Å². The molecule has 1 aliphatic heterocycles. The van der Waals surface area contributed by atoms with Crippen LogP contribution in [0.1, 0.15) is 50.5 Å². The summed E-state index contributed by atoms with van der Waals surface area (Å²) in [6.07, 6.45) is 6.08. The molecule has 0 bridgehead atoms. The average Bonchev–Trinajstić information content (AvgIpc) is 3.15. The number of hydrogen-bond acceptors (Lipinski definition) is 4. The van der Waals surface area contributed by atoms with Crippen LogP contribution >= 0.6 is 0 Å². The fourth-order valence-corrected chi connectivity index (χ4v) is 3.18. The van der Waals surface area contributed by atoms with Gasteiger partial charge in [-0.25, -0.2) is 0 Å². The first kappa shape index (κ1) is 21.7. The Hall–Kier alpha value is -2.57. The van der Waals surface area contributed by atoms with Crippen LogP contribution < -0.4 is 15.5 Å². The van der Waals surface area contributed by atoms with Crippen molar-refractivity contribution in [3.05, 3.63) is 29.8 Å². The van der Waals surface area contributed by atoms with Gasteiger partial charge in [0.1, 0.15) is 0 Å². The van der Waals surface area contributed by atoms with E-state index in [1.807, 2.05) is 29.2 Å². The number of carbonyl (C=O) groups excluding carboxylic acids is 2. The molecule has 1 fully saturated rings. The third kappa shape index (κ3) is 7.21. The number of benzene rings is 1. The molecule has 2 N–H and O–H groups in total. The van der Waals surface area contributed by atoms with Gasteiger partial charge in [-0.2, -0.15) is 0 Å². The fraction of sp³-hybridized carbons (Fsp3) is 0.571. The Kier molecular flexibility index (Phi) is 9.31. The summed E-state index contributed by atoms with van der Waals surface area (Å²) in [5.41, 5.74) is 2.11. The van der Waals surface area contributed by atoms with Crippen LogP contribution in [0.25, 0.3) is 0 Å². The van der Waals surface area contributed by atoms with Crippen molar-refractivity contribution in [2.45, 2.75) is 51.5 Å². The van der Waals surface area contributed by atoms with E-state index in [0.29, 0.717) is 19.4 Å². The Morgan fingerprint density at radius 2 is 1.89 bits per heavy atom. The summed E-state index contributed by atoms with van der Waals surface area (Å²) >= 11 is 0. The molecular formula is C21H32N4O3. The van der Waals surface area contributed by atoms with Gasteiger partial charge in [0.05, 0.1) is 7.11 Å². The van der Waals surface area contributed by atoms with Crippen LogP contribution in [0.2, 0.25) is 0 Å². The Balaban J connectivity index is 1.62. The minimum Gasteiger partial charge on any atom is -0.469 e. The van der Waals surface area contributed by atoms with Gasteiger partial charge in [0.25, 0.3) is 0 Å². The molecule has 28 heavy (non-hydrogen) atoms. The highest BCUT2D eigenvalue weighted by Crippen LogP contribution is 2.21. The van der Waals surface area contributed by atoms with Crippen molar-refractivity contribution in [2.24, 2.45) is 4.99 Å². The van der Waals surface area contributed by atoms with E-state index >= 15 is 0 Å². The minimum atomic E-state index is -0.136. The number of nitrogens with zero attached hydrogens (tertiary/aromatic N) is 2. The Bertz CT molecular complexity index is 658. The average molecular weight is 389 g/mol. The number of unbranched alkanes of at least 4 members (excludes halogenated alkanes) is 3. The van der Waals surface area contributed by atoms with Gasteiger partial charge in [0.15, 0.2) is 5.96 Å². The topological polar surface area (TPSA) is 83.0 Å². The zero-order chi connectivity index (χ0) is 20.2. The van der Waals surface area contributed by atoms with Crippen molar-refractivity contribution in [3.63, 3.8) is 0 Å². The Morgan fingerprint density at radius 3 is 2.54 bits per heavy atom. The standard InChI is InChI=1S/C21H32N4O3/c1-22-21(23-14-6-4-3-5-9-20(27)28-2)24-16-17-10-12-18(13-11-17)25-15-7-8-19(25)26/h10-13H,3-9,14-16H2,1-2H3,(H2,22,23,24). The number of guanidine groups is 1. The molecule has 7 nitrogen and oxygen atoms in total. The molecular weight excluding hydrogens is 356 g/mol. The summed E-state index contributed by atoms with van der Waals surface area (Å²) in [5.74, 6) is 0.844. The predicted molar refractivity (Wildman–Crippen MR) is 111 cm³/mol. The molecule has 0 aromatic heterocycles. The summed E-state index contributed by atoms with van der Waals surface area (Å²) < 4.78 is 4.63. The molecule has 0 spiro atoms. The molecule has 1 heterocycles. The number of hydrogen-bond donors (Lipinski definition) is 2. The van der Waals surface area contributed by atoms with E-state index in [-0.39, 0.29) is 11.9 Å². The maximum atomic E-state index is 11.8. The van der Waals surface area contributed by atoms with Gasteiger partial charge in [0, 0.05) is 45.2 Å². The van der Waals surface area contributed by atoms with E-state index in [4.69, 9.17) is 0 Å². The van der Waals surface area contributed by atoms with Crippen LogP contribution in [-0.4, -0.2) is 45.1 Å². The molecule has 1 aromatic carbocycles. The quantitative estimate of drug-likeness (QED) is 0.279. The molecule has 154 valence electrons. The van der Waals surface area contributed by atoms with E-state index in [0.717, 1.165) is 62.4 Å². The van der Waals surface area contributed by atoms with Gasteiger partial charge in [-0.15, -0.1) is 0 Å². The number of methoxy groups -OCH3 is 1. The lowest BCUT2D eigenvalue weighted by Gasteiger charge is -2.16. The van der Waals surface area contributed by atoms with E-state index in [2.05, 4.69) is 20.4 Å². The third-order valence-electron chi connectivity index (χ3n) is 4.83. The van der Waals surface area contributed by atoms with Gasteiger partial charge < -0.3 is 20.3 Å². The number of aliphatic imine (C=N–C) groups is 1. The highest BCUT2D eigenvalue weighted by atomic mass is 16.5. The number of ether oxygens (including phenoxy) is 1. The normalized spacial score (nSPS) is 14.3. The summed E-state index contributed by atoms with van der Waals surface area (Å²) in [4.78, 5) is 28.9. The van der Waals surface area contributed by atoms with E-state index in [9.17, 15) is 9.59 Å². The number of esters is 1. The van der Waals surface area contributed by atoms with Crippen LogP contribution in [0.4, 0.5) is 5.69 Å². The van der Waals surface area contributed by atoms with Gasteiger partial charge in [-0.05, 0) is 37.0 Å². The second-order valence-corrected chi connectivity index (χ2v) is 6.91. The van der Waals surface area contributed by atoms with Crippen molar-refractivity contribution >= 4 is 23.5 Å². The van der Waals surface area contributed by atoms with E-state index < -0.39 is 0 Å². The summed E-state index contributed by atoms with van der Waals surface area (Å²) in [6, 6.07) is 8.10. The number of anilines is 1. The van der Waals surface area contributed by atoms with Crippen LogP contribution in [0.3, 0.4) is 0 Å². The summed E-state index contributed by atoms with van der Waals surface area (Å²) in [7, 11) is 3.18.